The number of rotatable bonds is 2. The third kappa shape index (κ3) is 2.96. The summed E-state index contributed by atoms with van der Waals surface area (Å²) < 4.78 is 0. The van der Waals surface area contributed by atoms with E-state index in [9.17, 15) is 5.11 Å². The van der Waals surface area contributed by atoms with Crippen LogP contribution in [0, 0.1) is 5.41 Å². The third-order valence-corrected chi connectivity index (χ3v) is 2.55. The largest absolute Gasteiger partial charge is 0.388 e. The van der Waals surface area contributed by atoms with Crippen LogP contribution in [0.2, 0.25) is 0 Å². The first kappa shape index (κ1) is 12.1. The molecule has 0 bridgehead atoms. The first-order valence-corrected chi connectivity index (χ1v) is 5.27. The molecule has 1 N–H and O–H groups in total. The number of benzene rings is 1. The standard InChI is InChI=1S/C13H21NO/c1-13(2,3)12(15)10-6-8-11(9-7-10)14(4)5/h6-9,12,15H,1-5H3. The Hall–Kier alpha value is -1.02. The molecule has 15 heavy (non-hydrogen) atoms. The van der Waals surface area contributed by atoms with Crippen LogP contribution in [0.3, 0.4) is 0 Å². The van der Waals surface area contributed by atoms with Crippen molar-refractivity contribution < 1.29 is 5.11 Å². The van der Waals surface area contributed by atoms with Gasteiger partial charge in [-0.05, 0) is 23.1 Å². The van der Waals surface area contributed by atoms with Crippen LogP contribution in [0.25, 0.3) is 0 Å². The van der Waals surface area contributed by atoms with E-state index in [0.717, 1.165) is 11.3 Å². The van der Waals surface area contributed by atoms with Gasteiger partial charge in [0.15, 0.2) is 0 Å². The molecule has 0 amide bonds. The highest BCUT2D eigenvalue weighted by Gasteiger charge is 2.23. The molecule has 0 aromatic heterocycles. The van der Waals surface area contributed by atoms with Gasteiger partial charge in [0.1, 0.15) is 0 Å². The average molecular weight is 207 g/mol. The Labute approximate surface area is 92.5 Å². The number of nitrogens with zero attached hydrogens (tertiary/aromatic N) is 1. The van der Waals surface area contributed by atoms with Crippen molar-refractivity contribution in [2.75, 3.05) is 19.0 Å². The normalized spacial score (nSPS) is 13.7. The van der Waals surface area contributed by atoms with Crippen LogP contribution in [0.15, 0.2) is 24.3 Å². The molecule has 0 aliphatic rings. The van der Waals surface area contributed by atoms with Crippen LogP contribution in [-0.4, -0.2) is 19.2 Å². The van der Waals surface area contributed by atoms with Crippen molar-refractivity contribution in [1.82, 2.24) is 0 Å². The van der Waals surface area contributed by atoms with E-state index >= 15 is 0 Å². The SMILES string of the molecule is CN(C)c1ccc(C(O)C(C)(C)C)cc1. The molecule has 0 heterocycles. The predicted octanol–water partition coefficient (Wildman–Crippen LogP) is 2.83. The molecule has 0 spiro atoms. The van der Waals surface area contributed by atoms with Gasteiger partial charge in [-0.15, -0.1) is 0 Å². The number of anilines is 1. The highest BCUT2D eigenvalue weighted by atomic mass is 16.3. The zero-order valence-corrected chi connectivity index (χ0v) is 10.3. The van der Waals surface area contributed by atoms with Gasteiger partial charge in [0.25, 0.3) is 0 Å². The third-order valence-electron chi connectivity index (χ3n) is 2.55. The molecular weight excluding hydrogens is 186 g/mol. The summed E-state index contributed by atoms with van der Waals surface area (Å²) in [4.78, 5) is 2.05. The summed E-state index contributed by atoms with van der Waals surface area (Å²) in [6, 6.07) is 8.05. The fraction of sp³-hybridized carbons (Fsp3) is 0.538. The molecule has 0 saturated carbocycles. The predicted molar refractivity (Wildman–Crippen MR) is 65.2 cm³/mol. The van der Waals surface area contributed by atoms with E-state index in [2.05, 4.69) is 0 Å². The van der Waals surface area contributed by atoms with Gasteiger partial charge in [-0.1, -0.05) is 32.9 Å². The molecule has 1 unspecified atom stereocenters. The molecular formula is C13H21NO. The van der Waals surface area contributed by atoms with Gasteiger partial charge in [0.2, 0.25) is 0 Å². The van der Waals surface area contributed by atoms with Crippen molar-refractivity contribution in [3.8, 4) is 0 Å². The Kier molecular flexibility index (Phi) is 3.40. The second-order valence-corrected chi connectivity index (χ2v) is 5.25. The van der Waals surface area contributed by atoms with Gasteiger partial charge < -0.3 is 10.0 Å². The minimum absolute atomic E-state index is 0.111. The zero-order chi connectivity index (χ0) is 11.6. The molecule has 2 nitrogen and oxygen atoms in total. The Morgan fingerprint density at radius 2 is 1.53 bits per heavy atom. The Bertz CT molecular complexity index is 308. The van der Waals surface area contributed by atoms with Crippen LogP contribution >= 0.6 is 0 Å². The fourth-order valence-electron chi connectivity index (χ4n) is 1.45. The van der Waals surface area contributed by atoms with Crippen LogP contribution in [-0.2, 0) is 0 Å². The van der Waals surface area contributed by atoms with Gasteiger partial charge in [-0.3, -0.25) is 0 Å². The van der Waals surface area contributed by atoms with E-state index < -0.39 is 6.10 Å². The van der Waals surface area contributed by atoms with Crippen molar-refractivity contribution in [3.05, 3.63) is 29.8 Å². The van der Waals surface area contributed by atoms with E-state index in [1.807, 2.05) is 64.0 Å². The maximum absolute atomic E-state index is 10.1. The second-order valence-electron chi connectivity index (χ2n) is 5.25. The molecule has 0 aliphatic heterocycles. The van der Waals surface area contributed by atoms with Gasteiger partial charge in [0, 0.05) is 19.8 Å². The van der Waals surface area contributed by atoms with Crippen molar-refractivity contribution >= 4 is 5.69 Å². The summed E-state index contributed by atoms with van der Waals surface area (Å²) in [6.45, 7) is 6.12. The molecule has 0 radical (unpaired) electrons. The molecule has 0 aliphatic carbocycles. The van der Waals surface area contributed by atoms with E-state index in [1.54, 1.807) is 0 Å². The lowest BCUT2D eigenvalue weighted by atomic mass is 9.85. The second kappa shape index (κ2) is 4.23. The summed E-state index contributed by atoms with van der Waals surface area (Å²) in [6.07, 6.45) is -0.409. The summed E-state index contributed by atoms with van der Waals surface area (Å²) in [5.74, 6) is 0. The zero-order valence-electron chi connectivity index (χ0n) is 10.3. The molecule has 1 rings (SSSR count). The highest BCUT2D eigenvalue weighted by Crippen LogP contribution is 2.32. The van der Waals surface area contributed by atoms with E-state index in [4.69, 9.17) is 0 Å². The first-order chi connectivity index (χ1) is 6.82. The van der Waals surface area contributed by atoms with Crippen molar-refractivity contribution in [2.45, 2.75) is 26.9 Å². The van der Waals surface area contributed by atoms with Crippen LogP contribution < -0.4 is 4.90 Å². The topological polar surface area (TPSA) is 23.5 Å². The van der Waals surface area contributed by atoms with E-state index in [1.165, 1.54) is 0 Å². The van der Waals surface area contributed by atoms with Gasteiger partial charge >= 0.3 is 0 Å². The number of aliphatic hydroxyl groups is 1. The summed E-state index contributed by atoms with van der Waals surface area (Å²) in [5.41, 5.74) is 2.02. The quantitative estimate of drug-likeness (QED) is 0.806. The lowest BCUT2D eigenvalue weighted by Crippen LogP contribution is -2.18. The van der Waals surface area contributed by atoms with Crippen LogP contribution in [0.4, 0.5) is 5.69 Å². The Morgan fingerprint density at radius 3 is 1.87 bits per heavy atom. The summed E-state index contributed by atoms with van der Waals surface area (Å²) >= 11 is 0. The molecule has 1 aromatic rings. The molecule has 0 saturated heterocycles. The molecule has 1 atom stereocenters. The lowest BCUT2D eigenvalue weighted by Gasteiger charge is -2.26. The molecule has 2 heteroatoms. The number of hydrogen-bond donors (Lipinski definition) is 1. The first-order valence-electron chi connectivity index (χ1n) is 5.27. The fourth-order valence-corrected chi connectivity index (χ4v) is 1.45. The van der Waals surface area contributed by atoms with E-state index in [-0.39, 0.29) is 5.41 Å². The maximum Gasteiger partial charge on any atom is 0.0838 e. The minimum atomic E-state index is -0.409. The van der Waals surface area contributed by atoms with Gasteiger partial charge in [-0.2, -0.15) is 0 Å². The molecule has 84 valence electrons. The minimum Gasteiger partial charge on any atom is -0.388 e. The van der Waals surface area contributed by atoms with Crippen LogP contribution in [0.5, 0.6) is 0 Å². The van der Waals surface area contributed by atoms with Crippen LogP contribution in [0.1, 0.15) is 32.4 Å². The Morgan fingerprint density at radius 1 is 1.07 bits per heavy atom. The smallest absolute Gasteiger partial charge is 0.0838 e. The lowest BCUT2D eigenvalue weighted by molar-refractivity contribution is 0.0627. The van der Waals surface area contributed by atoms with Crippen molar-refractivity contribution in [1.29, 1.82) is 0 Å². The molecule has 0 fully saturated rings. The number of aliphatic hydroxyl groups excluding tert-OH is 1. The summed E-state index contributed by atoms with van der Waals surface area (Å²) in [7, 11) is 4.02. The average Bonchev–Trinajstić information content (AvgIpc) is 2.15. The van der Waals surface area contributed by atoms with Gasteiger partial charge in [0.05, 0.1) is 6.10 Å². The van der Waals surface area contributed by atoms with E-state index in [0.29, 0.717) is 0 Å². The molecule has 1 aromatic carbocycles. The highest BCUT2D eigenvalue weighted by molar-refractivity contribution is 5.46. The van der Waals surface area contributed by atoms with Crippen molar-refractivity contribution in [3.63, 3.8) is 0 Å². The summed E-state index contributed by atoms with van der Waals surface area (Å²) in [5, 5.41) is 10.1. The monoisotopic (exact) mass is 207 g/mol. The number of hydrogen-bond acceptors (Lipinski definition) is 2. The van der Waals surface area contributed by atoms with Gasteiger partial charge in [-0.25, -0.2) is 0 Å². The van der Waals surface area contributed by atoms with Crippen molar-refractivity contribution in [2.24, 2.45) is 5.41 Å². The maximum atomic E-state index is 10.1. The Balaban J connectivity index is 2.89.